The van der Waals surface area contributed by atoms with E-state index in [2.05, 4.69) is 30.3 Å². The molecule has 1 aromatic carbocycles. The van der Waals surface area contributed by atoms with Gasteiger partial charge in [-0.15, -0.1) is 0 Å². The minimum absolute atomic E-state index is 0.342. The predicted octanol–water partition coefficient (Wildman–Crippen LogP) is 3.86. The van der Waals surface area contributed by atoms with Gasteiger partial charge in [0.1, 0.15) is 0 Å². The summed E-state index contributed by atoms with van der Waals surface area (Å²) < 4.78 is 0. The van der Waals surface area contributed by atoms with Crippen LogP contribution >= 0.6 is 0 Å². The molecule has 3 rings (SSSR count). The fourth-order valence-electron chi connectivity index (χ4n) is 3.27. The molecule has 0 bridgehead atoms. The number of carbonyl (C=O) groups excluding carboxylic acids is 1. The molecule has 1 saturated carbocycles. The summed E-state index contributed by atoms with van der Waals surface area (Å²) in [6.45, 7) is 0. The van der Waals surface area contributed by atoms with E-state index >= 15 is 0 Å². The average molecular weight is 226 g/mol. The van der Waals surface area contributed by atoms with Crippen LogP contribution in [0.15, 0.2) is 42.0 Å². The van der Waals surface area contributed by atoms with Crippen LogP contribution in [0, 0.1) is 5.92 Å². The number of hydrogen-bond acceptors (Lipinski definition) is 1. The third-order valence-corrected chi connectivity index (χ3v) is 4.23. The van der Waals surface area contributed by atoms with Gasteiger partial charge in [-0.1, -0.05) is 35.9 Å². The van der Waals surface area contributed by atoms with Gasteiger partial charge in [0, 0.05) is 6.42 Å². The van der Waals surface area contributed by atoms with Crippen molar-refractivity contribution in [3.63, 3.8) is 0 Å². The van der Waals surface area contributed by atoms with E-state index in [0.717, 1.165) is 19.3 Å². The van der Waals surface area contributed by atoms with Crippen LogP contribution in [0.4, 0.5) is 0 Å². The number of benzene rings is 1. The second-order valence-electron chi connectivity index (χ2n) is 5.30. The van der Waals surface area contributed by atoms with E-state index in [1.807, 2.05) is 6.08 Å². The van der Waals surface area contributed by atoms with E-state index in [-0.39, 0.29) is 0 Å². The van der Waals surface area contributed by atoms with E-state index in [1.54, 1.807) is 0 Å². The van der Waals surface area contributed by atoms with Crippen molar-refractivity contribution in [2.24, 2.45) is 5.92 Å². The summed E-state index contributed by atoms with van der Waals surface area (Å²) in [7, 11) is 0. The largest absolute Gasteiger partial charge is 0.295 e. The van der Waals surface area contributed by atoms with E-state index in [9.17, 15) is 4.79 Å². The molecule has 1 fully saturated rings. The Morgan fingerprint density at radius 1 is 0.941 bits per heavy atom. The summed E-state index contributed by atoms with van der Waals surface area (Å²) in [4.78, 5) is 11.4. The van der Waals surface area contributed by atoms with E-state index in [1.165, 1.54) is 24.0 Å². The lowest BCUT2D eigenvalue weighted by Crippen LogP contribution is -2.21. The van der Waals surface area contributed by atoms with Gasteiger partial charge in [0.15, 0.2) is 5.78 Å². The standard InChI is InChI=1S/C16H18O/c17-16-9-8-14-10-13(6-7-15(14)11-16)12-4-2-1-3-5-12/h1-5,11,13-14H,6-10H2/t13-,14+/m0/s1. The highest BCUT2D eigenvalue weighted by Crippen LogP contribution is 2.42. The van der Waals surface area contributed by atoms with Gasteiger partial charge in [-0.25, -0.2) is 0 Å². The van der Waals surface area contributed by atoms with Gasteiger partial charge in [-0.3, -0.25) is 4.79 Å². The predicted molar refractivity (Wildman–Crippen MR) is 68.8 cm³/mol. The highest BCUT2D eigenvalue weighted by molar-refractivity contribution is 5.91. The Bertz CT molecular complexity index is 444. The lowest BCUT2D eigenvalue weighted by Gasteiger charge is -2.33. The van der Waals surface area contributed by atoms with E-state index in [0.29, 0.717) is 17.6 Å². The molecule has 0 amide bonds. The Morgan fingerprint density at radius 3 is 2.53 bits per heavy atom. The number of carbonyl (C=O) groups is 1. The van der Waals surface area contributed by atoms with Crippen LogP contribution in [-0.4, -0.2) is 5.78 Å². The number of allylic oxidation sites excluding steroid dienone is 2. The molecule has 0 heterocycles. The molecular formula is C16H18O. The molecule has 0 aliphatic heterocycles. The quantitative estimate of drug-likeness (QED) is 0.710. The van der Waals surface area contributed by atoms with Gasteiger partial charge in [-0.2, -0.15) is 0 Å². The topological polar surface area (TPSA) is 17.1 Å². The minimum Gasteiger partial charge on any atom is -0.295 e. The summed E-state index contributed by atoms with van der Waals surface area (Å²) >= 11 is 0. The lowest BCUT2D eigenvalue weighted by atomic mass is 9.71. The van der Waals surface area contributed by atoms with Gasteiger partial charge in [0.25, 0.3) is 0 Å². The first kappa shape index (κ1) is 10.8. The van der Waals surface area contributed by atoms with Crippen molar-refractivity contribution in [2.75, 3.05) is 0 Å². The average Bonchev–Trinajstić information content (AvgIpc) is 2.39. The fourth-order valence-corrected chi connectivity index (χ4v) is 3.27. The van der Waals surface area contributed by atoms with Crippen molar-refractivity contribution in [1.82, 2.24) is 0 Å². The Kier molecular flexibility index (Phi) is 2.84. The summed E-state index contributed by atoms with van der Waals surface area (Å²) in [5.74, 6) is 1.72. The van der Waals surface area contributed by atoms with Gasteiger partial charge >= 0.3 is 0 Å². The maximum atomic E-state index is 11.4. The first-order valence-corrected chi connectivity index (χ1v) is 6.61. The summed E-state index contributed by atoms with van der Waals surface area (Å²) in [6, 6.07) is 10.8. The molecule has 1 heteroatoms. The van der Waals surface area contributed by atoms with Crippen LogP contribution in [0.2, 0.25) is 0 Å². The number of fused-ring (bicyclic) bond motifs is 1. The molecule has 1 nitrogen and oxygen atoms in total. The SMILES string of the molecule is O=C1C=C2CC[C@H](c3ccccc3)C[C@H]2CC1. The number of hydrogen-bond donors (Lipinski definition) is 0. The van der Waals surface area contributed by atoms with Crippen molar-refractivity contribution in [3.05, 3.63) is 47.5 Å². The van der Waals surface area contributed by atoms with Crippen molar-refractivity contribution >= 4 is 5.78 Å². The zero-order valence-electron chi connectivity index (χ0n) is 10.1. The van der Waals surface area contributed by atoms with Crippen molar-refractivity contribution in [1.29, 1.82) is 0 Å². The molecule has 0 saturated heterocycles. The Morgan fingerprint density at radius 2 is 1.71 bits per heavy atom. The molecule has 0 aromatic heterocycles. The minimum atomic E-state index is 0.342. The number of rotatable bonds is 1. The molecule has 0 spiro atoms. The van der Waals surface area contributed by atoms with Crippen molar-refractivity contribution in [2.45, 2.75) is 38.0 Å². The molecule has 1 aromatic rings. The summed E-state index contributed by atoms with van der Waals surface area (Å²) in [6.07, 6.45) is 7.33. The molecule has 0 radical (unpaired) electrons. The highest BCUT2D eigenvalue weighted by Gasteiger charge is 2.29. The van der Waals surface area contributed by atoms with Gasteiger partial charge in [0.05, 0.1) is 0 Å². The summed E-state index contributed by atoms with van der Waals surface area (Å²) in [5.41, 5.74) is 2.90. The zero-order chi connectivity index (χ0) is 11.7. The molecule has 2 atom stereocenters. The molecular weight excluding hydrogens is 208 g/mol. The van der Waals surface area contributed by atoms with Crippen LogP contribution in [0.1, 0.15) is 43.6 Å². The number of ketones is 1. The first-order valence-electron chi connectivity index (χ1n) is 6.61. The second kappa shape index (κ2) is 4.48. The van der Waals surface area contributed by atoms with Crippen molar-refractivity contribution in [3.8, 4) is 0 Å². The molecule has 0 unspecified atom stereocenters. The molecule has 2 aliphatic rings. The lowest BCUT2D eigenvalue weighted by molar-refractivity contribution is -0.115. The third kappa shape index (κ3) is 2.19. The van der Waals surface area contributed by atoms with E-state index < -0.39 is 0 Å². The molecule has 2 aliphatic carbocycles. The normalized spacial score (nSPS) is 28.5. The van der Waals surface area contributed by atoms with Crippen LogP contribution in [-0.2, 0) is 4.79 Å². The van der Waals surface area contributed by atoms with Crippen LogP contribution in [0.3, 0.4) is 0 Å². The van der Waals surface area contributed by atoms with Gasteiger partial charge < -0.3 is 0 Å². The molecule has 0 N–H and O–H groups in total. The first-order chi connectivity index (χ1) is 8.33. The van der Waals surface area contributed by atoms with Crippen LogP contribution < -0.4 is 0 Å². The van der Waals surface area contributed by atoms with Crippen LogP contribution in [0.25, 0.3) is 0 Å². The molecule has 88 valence electrons. The zero-order valence-corrected chi connectivity index (χ0v) is 10.1. The highest BCUT2D eigenvalue weighted by atomic mass is 16.1. The fraction of sp³-hybridized carbons (Fsp3) is 0.438. The second-order valence-corrected chi connectivity index (χ2v) is 5.30. The third-order valence-electron chi connectivity index (χ3n) is 4.23. The van der Waals surface area contributed by atoms with Crippen LogP contribution in [0.5, 0.6) is 0 Å². The Hall–Kier alpha value is -1.37. The van der Waals surface area contributed by atoms with Gasteiger partial charge in [0.2, 0.25) is 0 Å². The Balaban J connectivity index is 1.77. The summed E-state index contributed by atoms with van der Waals surface area (Å²) in [5, 5.41) is 0. The monoisotopic (exact) mass is 226 g/mol. The van der Waals surface area contributed by atoms with Gasteiger partial charge in [-0.05, 0) is 49.2 Å². The smallest absolute Gasteiger partial charge is 0.155 e. The Labute approximate surface area is 103 Å². The maximum Gasteiger partial charge on any atom is 0.155 e. The maximum absolute atomic E-state index is 11.4. The molecule has 17 heavy (non-hydrogen) atoms. The van der Waals surface area contributed by atoms with Crippen molar-refractivity contribution < 1.29 is 4.79 Å². The van der Waals surface area contributed by atoms with E-state index in [4.69, 9.17) is 0 Å².